The molecule has 6 heteroatoms. The van der Waals surface area contributed by atoms with Crippen molar-refractivity contribution in [2.24, 2.45) is 0 Å². The highest BCUT2D eigenvalue weighted by Crippen LogP contribution is 2.27. The Hall–Kier alpha value is -1.95. The first-order chi connectivity index (χ1) is 9.02. The lowest BCUT2D eigenvalue weighted by Gasteiger charge is -2.19. The van der Waals surface area contributed by atoms with Gasteiger partial charge in [-0.05, 0) is 25.1 Å². The first kappa shape index (κ1) is 13.5. The molecule has 0 radical (unpaired) electrons. The molecule has 1 atom stereocenters. The molecular weight excluding hydrogens is 253 g/mol. The van der Waals surface area contributed by atoms with Crippen LogP contribution in [0.2, 0.25) is 0 Å². The SMILES string of the molecule is CCOC(=O)c1cc(F)ccc1N1CC(O)CC1=O. The van der Waals surface area contributed by atoms with Gasteiger partial charge >= 0.3 is 5.97 Å². The van der Waals surface area contributed by atoms with Gasteiger partial charge in [0.25, 0.3) is 0 Å². The molecule has 0 aliphatic carbocycles. The summed E-state index contributed by atoms with van der Waals surface area (Å²) in [6.07, 6.45) is -0.771. The van der Waals surface area contributed by atoms with Gasteiger partial charge in [0.2, 0.25) is 5.91 Å². The van der Waals surface area contributed by atoms with E-state index in [1.165, 1.54) is 11.0 Å². The molecule has 1 aliphatic heterocycles. The first-order valence-corrected chi connectivity index (χ1v) is 5.98. The van der Waals surface area contributed by atoms with E-state index in [9.17, 15) is 19.1 Å². The second-order valence-electron chi connectivity index (χ2n) is 4.24. The van der Waals surface area contributed by atoms with Gasteiger partial charge in [-0.2, -0.15) is 0 Å². The summed E-state index contributed by atoms with van der Waals surface area (Å²) in [6.45, 7) is 1.89. The van der Waals surface area contributed by atoms with Crippen LogP contribution in [0.15, 0.2) is 18.2 Å². The normalized spacial score (nSPS) is 18.8. The van der Waals surface area contributed by atoms with Gasteiger partial charge in [-0.25, -0.2) is 9.18 Å². The smallest absolute Gasteiger partial charge is 0.340 e. The third-order valence-electron chi connectivity index (χ3n) is 2.85. The Morgan fingerprint density at radius 3 is 2.89 bits per heavy atom. The molecule has 0 aromatic heterocycles. The Morgan fingerprint density at radius 2 is 2.32 bits per heavy atom. The van der Waals surface area contributed by atoms with Crippen LogP contribution in [0.1, 0.15) is 23.7 Å². The summed E-state index contributed by atoms with van der Waals surface area (Å²) in [6, 6.07) is 3.54. The maximum Gasteiger partial charge on any atom is 0.340 e. The van der Waals surface area contributed by atoms with Gasteiger partial charge < -0.3 is 14.7 Å². The molecule has 0 saturated carbocycles. The summed E-state index contributed by atoms with van der Waals surface area (Å²) in [4.78, 5) is 24.8. The van der Waals surface area contributed by atoms with Crippen molar-refractivity contribution in [1.82, 2.24) is 0 Å². The molecule has 102 valence electrons. The molecule has 1 amide bonds. The first-order valence-electron chi connectivity index (χ1n) is 5.98. The second kappa shape index (κ2) is 5.36. The van der Waals surface area contributed by atoms with Gasteiger partial charge in [0.1, 0.15) is 5.82 Å². The molecule has 0 bridgehead atoms. The van der Waals surface area contributed by atoms with Gasteiger partial charge in [0.05, 0.1) is 36.9 Å². The van der Waals surface area contributed by atoms with Crippen molar-refractivity contribution in [3.63, 3.8) is 0 Å². The highest BCUT2D eigenvalue weighted by molar-refractivity contribution is 6.03. The van der Waals surface area contributed by atoms with Crippen molar-refractivity contribution < 1.29 is 23.8 Å². The molecular formula is C13H14FNO4. The summed E-state index contributed by atoms with van der Waals surface area (Å²) in [5.41, 5.74) is 0.255. The fourth-order valence-electron chi connectivity index (χ4n) is 2.04. The number of esters is 1. The van der Waals surface area contributed by atoms with Gasteiger partial charge in [-0.3, -0.25) is 4.79 Å². The van der Waals surface area contributed by atoms with Crippen molar-refractivity contribution in [1.29, 1.82) is 0 Å². The zero-order valence-electron chi connectivity index (χ0n) is 10.4. The van der Waals surface area contributed by atoms with E-state index in [2.05, 4.69) is 0 Å². The van der Waals surface area contributed by atoms with E-state index in [4.69, 9.17) is 4.74 Å². The number of ether oxygens (including phenoxy) is 1. The summed E-state index contributed by atoms with van der Waals surface area (Å²) >= 11 is 0. The van der Waals surface area contributed by atoms with Gasteiger partial charge in [0.15, 0.2) is 0 Å². The lowest BCUT2D eigenvalue weighted by Crippen LogP contribution is -2.27. The van der Waals surface area contributed by atoms with E-state index in [1.807, 2.05) is 0 Å². The highest BCUT2D eigenvalue weighted by atomic mass is 19.1. The monoisotopic (exact) mass is 267 g/mol. The molecule has 0 spiro atoms. The zero-order valence-corrected chi connectivity index (χ0v) is 10.4. The summed E-state index contributed by atoms with van der Waals surface area (Å²) < 4.78 is 18.1. The van der Waals surface area contributed by atoms with Crippen LogP contribution in [-0.2, 0) is 9.53 Å². The van der Waals surface area contributed by atoms with Crippen LogP contribution in [0, 0.1) is 5.82 Å². The van der Waals surface area contributed by atoms with Crippen LogP contribution in [0.3, 0.4) is 0 Å². The van der Waals surface area contributed by atoms with E-state index in [1.54, 1.807) is 6.92 Å². The van der Waals surface area contributed by atoms with Crippen molar-refractivity contribution in [3.8, 4) is 0 Å². The lowest BCUT2D eigenvalue weighted by atomic mass is 10.1. The van der Waals surface area contributed by atoms with Crippen LogP contribution < -0.4 is 4.90 Å². The molecule has 5 nitrogen and oxygen atoms in total. The minimum absolute atomic E-state index is 0.000355. The average Bonchev–Trinajstić information content (AvgIpc) is 2.68. The number of aliphatic hydroxyl groups excluding tert-OH is 1. The van der Waals surface area contributed by atoms with Crippen LogP contribution >= 0.6 is 0 Å². The average molecular weight is 267 g/mol. The van der Waals surface area contributed by atoms with Crippen LogP contribution in [0.25, 0.3) is 0 Å². The molecule has 1 N–H and O–H groups in total. The predicted octanol–water partition coefficient (Wildman–Crippen LogP) is 1.10. The number of hydrogen-bond donors (Lipinski definition) is 1. The predicted molar refractivity (Wildman–Crippen MR) is 65.3 cm³/mol. The van der Waals surface area contributed by atoms with Gasteiger partial charge in [-0.15, -0.1) is 0 Å². The number of benzene rings is 1. The third kappa shape index (κ3) is 2.73. The van der Waals surface area contributed by atoms with Crippen LogP contribution in [0.5, 0.6) is 0 Å². The highest BCUT2D eigenvalue weighted by Gasteiger charge is 2.31. The van der Waals surface area contributed by atoms with Crippen LogP contribution in [0.4, 0.5) is 10.1 Å². The molecule has 1 aromatic rings. The van der Waals surface area contributed by atoms with E-state index < -0.39 is 17.9 Å². The molecule has 1 aromatic carbocycles. The fraction of sp³-hybridized carbons (Fsp3) is 0.385. The number of rotatable bonds is 3. The van der Waals surface area contributed by atoms with E-state index in [0.29, 0.717) is 0 Å². The standard InChI is InChI=1S/C13H14FNO4/c1-2-19-13(18)10-5-8(14)3-4-11(10)15-7-9(16)6-12(15)17/h3-5,9,16H,2,6-7H2,1H3. The number of aliphatic hydroxyl groups is 1. The number of hydrogen-bond acceptors (Lipinski definition) is 4. The quantitative estimate of drug-likeness (QED) is 0.833. The number of carbonyl (C=O) groups is 2. The van der Waals surface area contributed by atoms with Gasteiger partial charge in [0, 0.05) is 0 Å². The molecule has 1 saturated heterocycles. The maximum absolute atomic E-state index is 13.2. The minimum Gasteiger partial charge on any atom is -0.462 e. The summed E-state index contributed by atoms with van der Waals surface area (Å²) in [5.74, 6) is -1.57. The third-order valence-corrected chi connectivity index (χ3v) is 2.85. The lowest BCUT2D eigenvalue weighted by molar-refractivity contribution is -0.117. The molecule has 1 aliphatic rings. The zero-order chi connectivity index (χ0) is 14.0. The number of carbonyl (C=O) groups excluding carboxylic acids is 2. The van der Waals surface area contributed by atoms with E-state index in [-0.39, 0.29) is 36.7 Å². The Balaban J connectivity index is 2.39. The number of halogens is 1. The van der Waals surface area contributed by atoms with Gasteiger partial charge in [-0.1, -0.05) is 0 Å². The summed E-state index contributed by atoms with van der Waals surface area (Å²) in [5, 5.41) is 9.47. The van der Waals surface area contributed by atoms with Crippen molar-refractivity contribution >= 4 is 17.6 Å². The van der Waals surface area contributed by atoms with Crippen molar-refractivity contribution in [3.05, 3.63) is 29.6 Å². The number of nitrogens with zero attached hydrogens (tertiary/aromatic N) is 1. The molecule has 1 unspecified atom stereocenters. The molecule has 2 rings (SSSR count). The molecule has 1 heterocycles. The number of β-amino-alcohol motifs (C(OH)–C–C–N with tert-alkyl or cyclic N) is 1. The largest absolute Gasteiger partial charge is 0.462 e. The van der Waals surface area contributed by atoms with E-state index in [0.717, 1.165) is 12.1 Å². The molecule has 1 fully saturated rings. The Labute approximate surface area is 109 Å². The van der Waals surface area contributed by atoms with Crippen molar-refractivity contribution in [2.45, 2.75) is 19.4 Å². The Morgan fingerprint density at radius 1 is 1.58 bits per heavy atom. The second-order valence-corrected chi connectivity index (χ2v) is 4.24. The number of anilines is 1. The Bertz CT molecular complexity index is 517. The Kier molecular flexibility index (Phi) is 3.80. The number of amides is 1. The van der Waals surface area contributed by atoms with Crippen LogP contribution in [-0.4, -0.2) is 36.2 Å². The topological polar surface area (TPSA) is 66.8 Å². The molecule has 19 heavy (non-hydrogen) atoms. The van der Waals surface area contributed by atoms with Crippen molar-refractivity contribution in [2.75, 3.05) is 18.1 Å². The maximum atomic E-state index is 13.2. The summed E-state index contributed by atoms with van der Waals surface area (Å²) in [7, 11) is 0. The van der Waals surface area contributed by atoms with E-state index >= 15 is 0 Å². The fourth-order valence-corrected chi connectivity index (χ4v) is 2.04. The minimum atomic E-state index is -0.771.